The molecule has 0 aliphatic rings. The molecule has 3 nitrogen and oxygen atoms in total. The molecule has 0 amide bonds. The summed E-state index contributed by atoms with van der Waals surface area (Å²) in [5, 5.41) is 0. The second kappa shape index (κ2) is 4.66. The Balaban J connectivity index is 3.01. The average Bonchev–Trinajstić information content (AvgIpc) is 2.14. The molecule has 1 aromatic carbocycles. The number of halogens is 3. The predicted molar refractivity (Wildman–Crippen MR) is 54.9 cm³/mol. The van der Waals surface area contributed by atoms with E-state index in [1.165, 1.54) is 12.1 Å². The molecule has 7 heteroatoms. The molecule has 1 aromatic rings. The summed E-state index contributed by atoms with van der Waals surface area (Å²) in [6, 6.07) is 5.10. The van der Waals surface area contributed by atoms with Crippen LogP contribution < -0.4 is 0 Å². The minimum Gasteiger partial charge on any atom is -0.194 e. The minimum atomic E-state index is -5.21. The summed E-state index contributed by atoms with van der Waals surface area (Å²) in [6.45, 7) is 3.77. The smallest absolute Gasteiger partial charge is 0.194 e. The van der Waals surface area contributed by atoms with Gasteiger partial charge in [0.15, 0.2) is 0 Å². The fourth-order valence-electron chi connectivity index (χ4n) is 1.19. The van der Waals surface area contributed by atoms with Crippen LogP contribution in [0.15, 0.2) is 29.2 Å². The van der Waals surface area contributed by atoms with Crippen molar-refractivity contribution < 1.29 is 25.8 Å². The number of hydrogen-bond donors (Lipinski definition) is 0. The van der Waals surface area contributed by atoms with Gasteiger partial charge >= 0.3 is 16.5 Å². The molecule has 0 heterocycles. The van der Waals surface area contributed by atoms with E-state index in [1.807, 2.05) is 13.8 Å². The maximum Gasteiger partial charge on any atom is 0.537 e. The van der Waals surface area contributed by atoms with Crippen molar-refractivity contribution in [3.05, 3.63) is 29.8 Å². The monoisotopic (exact) mass is 268 g/mol. The highest BCUT2D eigenvalue weighted by Crippen LogP contribution is 2.25. The molecule has 0 N–H and O–H groups in total. The number of alkyl halides is 3. The van der Waals surface area contributed by atoms with Gasteiger partial charge in [-0.15, -0.1) is 13.2 Å². The Morgan fingerprint density at radius 1 is 1.12 bits per heavy atom. The highest BCUT2D eigenvalue weighted by atomic mass is 32.2. The van der Waals surface area contributed by atoms with Crippen LogP contribution in [0.1, 0.15) is 25.3 Å². The molecule has 0 radical (unpaired) electrons. The lowest BCUT2D eigenvalue weighted by atomic mass is 10.0. The van der Waals surface area contributed by atoms with E-state index >= 15 is 0 Å². The summed E-state index contributed by atoms with van der Waals surface area (Å²) < 4.78 is 61.0. The highest BCUT2D eigenvalue weighted by molar-refractivity contribution is 7.86. The average molecular weight is 268 g/mol. The van der Waals surface area contributed by atoms with Gasteiger partial charge in [-0.3, -0.25) is 0 Å². The molecular weight excluding hydrogens is 257 g/mol. The van der Waals surface area contributed by atoms with Crippen molar-refractivity contribution >= 4 is 10.1 Å². The lowest BCUT2D eigenvalue weighted by molar-refractivity contribution is -0.271. The van der Waals surface area contributed by atoms with Crippen LogP contribution in [0.25, 0.3) is 0 Å². The summed E-state index contributed by atoms with van der Waals surface area (Å²) in [6.07, 6.45) is -5.21. The Hall–Kier alpha value is -1.08. The Morgan fingerprint density at radius 3 is 1.94 bits per heavy atom. The first-order valence-electron chi connectivity index (χ1n) is 4.74. The lowest BCUT2D eigenvalue weighted by Crippen LogP contribution is -2.19. The Labute approximate surface area is 97.3 Å². The van der Waals surface area contributed by atoms with Crippen LogP contribution in [0, 0.1) is 0 Å². The van der Waals surface area contributed by atoms with Crippen LogP contribution >= 0.6 is 0 Å². The van der Waals surface area contributed by atoms with Crippen molar-refractivity contribution in [3.8, 4) is 0 Å². The summed E-state index contributed by atoms with van der Waals surface area (Å²) in [5.74, 6) is 0.162. The van der Waals surface area contributed by atoms with Crippen molar-refractivity contribution in [1.29, 1.82) is 0 Å². The first kappa shape index (κ1) is 14.0. The third-order valence-electron chi connectivity index (χ3n) is 2.04. The molecule has 17 heavy (non-hydrogen) atoms. The molecule has 0 spiro atoms. The van der Waals surface area contributed by atoms with Crippen molar-refractivity contribution in [3.63, 3.8) is 0 Å². The maximum absolute atomic E-state index is 11.8. The van der Waals surface area contributed by atoms with Gasteiger partial charge in [-0.25, -0.2) is 0 Å². The fourth-order valence-corrected chi connectivity index (χ4v) is 2.01. The van der Waals surface area contributed by atoms with E-state index in [0.29, 0.717) is 0 Å². The topological polar surface area (TPSA) is 43.4 Å². The molecule has 0 unspecified atom stereocenters. The molecule has 0 saturated carbocycles. The quantitative estimate of drug-likeness (QED) is 0.791. The Morgan fingerprint density at radius 2 is 1.59 bits per heavy atom. The van der Waals surface area contributed by atoms with E-state index in [2.05, 4.69) is 4.18 Å². The molecule has 0 aliphatic carbocycles. The van der Waals surface area contributed by atoms with Crippen LogP contribution in [0.5, 0.6) is 0 Å². The maximum atomic E-state index is 11.8. The van der Waals surface area contributed by atoms with Gasteiger partial charge in [0, 0.05) is 0 Å². The summed E-state index contributed by atoms with van der Waals surface area (Å²) in [7, 11) is -4.79. The van der Waals surface area contributed by atoms with Crippen molar-refractivity contribution in [2.24, 2.45) is 0 Å². The molecule has 0 saturated heterocycles. The molecular formula is C10H11F3O3S. The summed E-state index contributed by atoms with van der Waals surface area (Å²) >= 11 is 0. The van der Waals surface area contributed by atoms with E-state index in [4.69, 9.17) is 0 Å². The van der Waals surface area contributed by atoms with Gasteiger partial charge in [-0.2, -0.15) is 12.6 Å². The van der Waals surface area contributed by atoms with Gasteiger partial charge in [-0.05, 0) is 23.6 Å². The second-order valence-corrected chi connectivity index (χ2v) is 5.25. The number of benzene rings is 1. The van der Waals surface area contributed by atoms with Crippen molar-refractivity contribution in [1.82, 2.24) is 0 Å². The van der Waals surface area contributed by atoms with Gasteiger partial charge in [0.25, 0.3) is 0 Å². The zero-order valence-electron chi connectivity index (χ0n) is 9.15. The zero-order chi connectivity index (χ0) is 13.3. The van der Waals surface area contributed by atoms with Crippen LogP contribution in [-0.2, 0) is 14.3 Å². The van der Waals surface area contributed by atoms with Crippen LogP contribution in [0.2, 0.25) is 0 Å². The standard InChI is InChI=1S/C10H11F3O3S/c1-7(2)8-3-5-9(6-4-8)17(14,15)16-10(11,12)13/h3-7H,1-2H3. The molecule has 0 aromatic heterocycles. The van der Waals surface area contributed by atoms with Gasteiger partial charge < -0.3 is 0 Å². The first-order valence-corrected chi connectivity index (χ1v) is 6.15. The fraction of sp³-hybridized carbons (Fsp3) is 0.400. The summed E-state index contributed by atoms with van der Waals surface area (Å²) in [5.41, 5.74) is 0.830. The molecule has 0 atom stereocenters. The van der Waals surface area contributed by atoms with Crippen LogP contribution in [0.4, 0.5) is 13.2 Å². The minimum absolute atomic E-state index is 0.162. The lowest BCUT2D eigenvalue weighted by Gasteiger charge is -2.09. The van der Waals surface area contributed by atoms with E-state index < -0.39 is 21.4 Å². The Bertz CT molecular complexity index is 475. The largest absolute Gasteiger partial charge is 0.537 e. The number of rotatable bonds is 3. The van der Waals surface area contributed by atoms with Gasteiger partial charge in [0.1, 0.15) is 0 Å². The zero-order valence-corrected chi connectivity index (χ0v) is 9.97. The first-order chi connectivity index (χ1) is 7.62. The van der Waals surface area contributed by atoms with Crippen molar-refractivity contribution in [2.45, 2.75) is 31.0 Å². The van der Waals surface area contributed by atoms with Gasteiger partial charge in [0.2, 0.25) is 0 Å². The second-order valence-electron chi connectivity index (χ2n) is 3.71. The van der Waals surface area contributed by atoms with Gasteiger partial charge in [0.05, 0.1) is 4.90 Å². The van der Waals surface area contributed by atoms with Crippen molar-refractivity contribution in [2.75, 3.05) is 0 Å². The normalized spacial score (nSPS) is 13.1. The van der Waals surface area contributed by atoms with E-state index in [9.17, 15) is 21.6 Å². The number of hydrogen-bond acceptors (Lipinski definition) is 3. The van der Waals surface area contributed by atoms with Gasteiger partial charge in [-0.1, -0.05) is 26.0 Å². The third-order valence-corrected chi connectivity index (χ3v) is 3.30. The third kappa shape index (κ3) is 4.01. The van der Waals surface area contributed by atoms with Crippen LogP contribution in [0.3, 0.4) is 0 Å². The van der Waals surface area contributed by atoms with E-state index in [-0.39, 0.29) is 5.92 Å². The van der Waals surface area contributed by atoms with Crippen LogP contribution in [-0.4, -0.2) is 14.8 Å². The molecule has 0 bridgehead atoms. The van der Waals surface area contributed by atoms with E-state index in [0.717, 1.165) is 17.7 Å². The molecule has 1 rings (SSSR count). The SMILES string of the molecule is CC(C)c1ccc(S(=O)(=O)OC(F)(F)F)cc1. The molecule has 0 aliphatic heterocycles. The predicted octanol–water partition coefficient (Wildman–Crippen LogP) is 3.04. The molecule has 96 valence electrons. The van der Waals surface area contributed by atoms with E-state index in [1.54, 1.807) is 0 Å². The Kier molecular flexibility index (Phi) is 3.83. The molecule has 0 fully saturated rings. The highest BCUT2D eigenvalue weighted by Gasteiger charge is 2.37. The summed E-state index contributed by atoms with van der Waals surface area (Å²) in [4.78, 5) is -0.515.